The summed E-state index contributed by atoms with van der Waals surface area (Å²) >= 11 is 1.50. The molecule has 2 aromatic carbocycles. The van der Waals surface area contributed by atoms with E-state index in [9.17, 15) is 4.79 Å². The molecule has 0 unspecified atom stereocenters. The van der Waals surface area contributed by atoms with Gasteiger partial charge in [0, 0.05) is 11.6 Å². The van der Waals surface area contributed by atoms with Gasteiger partial charge in [0.05, 0.1) is 17.0 Å². The van der Waals surface area contributed by atoms with E-state index in [2.05, 4.69) is 10.4 Å². The zero-order valence-electron chi connectivity index (χ0n) is 15.9. The van der Waals surface area contributed by atoms with Crippen LogP contribution in [0, 0.1) is 13.8 Å². The number of aromatic nitrogens is 3. The highest BCUT2D eigenvalue weighted by Crippen LogP contribution is 2.32. The minimum Gasteiger partial charge on any atom is -0.492 e. The first-order chi connectivity index (χ1) is 13.5. The fraction of sp³-hybridized carbons (Fsp3) is 0.190. The quantitative estimate of drug-likeness (QED) is 0.532. The summed E-state index contributed by atoms with van der Waals surface area (Å²) in [5.74, 6) is 1.15. The van der Waals surface area contributed by atoms with Crippen molar-refractivity contribution in [3.05, 3.63) is 65.4 Å². The molecular formula is C21H20N4O2S. The largest absolute Gasteiger partial charge is 0.492 e. The Balaban J connectivity index is 1.71. The van der Waals surface area contributed by atoms with E-state index in [0.29, 0.717) is 23.1 Å². The van der Waals surface area contributed by atoms with Crippen molar-refractivity contribution < 1.29 is 9.53 Å². The number of nitrogens with zero attached hydrogens (tertiary/aromatic N) is 3. The van der Waals surface area contributed by atoms with E-state index in [4.69, 9.17) is 9.72 Å². The third-order valence-corrected chi connectivity index (χ3v) is 5.20. The van der Waals surface area contributed by atoms with Gasteiger partial charge in [0.2, 0.25) is 5.13 Å². The summed E-state index contributed by atoms with van der Waals surface area (Å²) in [6.07, 6.45) is 0. The van der Waals surface area contributed by atoms with E-state index < -0.39 is 0 Å². The van der Waals surface area contributed by atoms with Crippen LogP contribution in [0.1, 0.15) is 28.5 Å². The maximum absolute atomic E-state index is 12.7. The Morgan fingerprint density at radius 3 is 2.79 bits per heavy atom. The molecule has 1 amide bonds. The lowest BCUT2D eigenvalue weighted by Crippen LogP contribution is -2.15. The molecule has 0 aliphatic rings. The highest BCUT2D eigenvalue weighted by atomic mass is 32.1. The van der Waals surface area contributed by atoms with Crippen molar-refractivity contribution in [3.8, 4) is 10.9 Å². The van der Waals surface area contributed by atoms with Gasteiger partial charge in [0.1, 0.15) is 17.1 Å². The van der Waals surface area contributed by atoms with Crippen LogP contribution in [0.2, 0.25) is 0 Å². The topological polar surface area (TPSA) is 69.0 Å². The molecule has 0 radical (unpaired) electrons. The molecule has 142 valence electrons. The second kappa shape index (κ2) is 7.44. The van der Waals surface area contributed by atoms with Gasteiger partial charge < -0.3 is 10.1 Å². The van der Waals surface area contributed by atoms with Crippen molar-refractivity contribution in [2.24, 2.45) is 0 Å². The molecule has 1 N–H and O–H groups in total. The number of ether oxygens (including phenoxy) is 1. The minimum atomic E-state index is -0.180. The third kappa shape index (κ3) is 3.48. The van der Waals surface area contributed by atoms with Gasteiger partial charge in [-0.1, -0.05) is 35.1 Å². The van der Waals surface area contributed by atoms with Crippen molar-refractivity contribution >= 4 is 33.3 Å². The molecule has 0 saturated heterocycles. The summed E-state index contributed by atoms with van der Waals surface area (Å²) in [5.41, 5.74) is 3.23. The number of aryl methyl sites for hydroxylation is 2. The molecule has 2 aromatic heterocycles. The molecule has 0 aliphatic carbocycles. The standard InChI is InChI=1S/C21H20N4O2S/c1-4-27-16-9-6-10-17-19(16)23-21(28-17)25-18(12-14(3)24-25)22-20(26)15-8-5-7-13(2)11-15/h5-12H,4H2,1-3H3,(H,22,26). The number of nitrogens with one attached hydrogen (secondary N) is 1. The van der Waals surface area contributed by atoms with Crippen LogP contribution in [-0.2, 0) is 0 Å². The third-order valence-electron chi connectivity index (χ3n) is 4.21. The lowest BCUT2D eigenvalue weighted by molar-refractivity contribution is 0.102. The van der Waals surface area contributed by atoms with Crippen molar-refractivity contribution in [3.63, 3.8) is 0 Å². The Morgan fingerprint density at radius 1 is 1.18 bits per heavy atom. The van der Waals surface area contributed by atoms with Gasteiger partial charge in [-0.2, -0.15) is 9.78 Å². The smallest absolute Gasteiger partial charge is 0.256 e. The molecule has 28 heavy (non-hydrogen) atoms. The Morgan fingerprint density at radius 2 is 2.00 bits per heavy atom. The van der Waals surface area contributed by atoms with Crippen LogP contribution in [0.15, 0.2) is 48.5 Å². The van der Waals surface area contributed by atoms with Crippen LogP contribution < -0.4 is 10.1 Å². The Bertz CT molecular complexity index is 1160. The second-order valence-corrected chi connectivity index (χ2v) is 7.45. The maximum atomic E-state index is 12.7. The van der Waals surface area contributed by atoms with Gasteiger partial charge in [-0.15, -0.1) is 0 Å². The zero-order chi connectivity index (χ0) is 19.7. The normalized spacial score (nSPS) is 11.0. The molecular weight excluding hydrogens is 372 g/mol. The fourth-order valence-electron chi connectivity index (χ4n) is 2.98. The van der Waals surface area contributed by atoms with Gasteiger partial charge in [0.25, 0.3) is 5.91 Å². The highest BCUT2D eigenvalue weighted by Gasteiger charge is 2.17. The molecule has 6 nitrogen and oxygen atoms in total. The summed E-state index contributed by atoms with van der Waals surface area (Å²) in [4.78, 5) is 17.4. The molecule has 4 rings (SSSR count). The van der Waals surface area contributed by atoms with Crippen LogP contribution in [-0.4, -0.2) is 27.3 Å². The van der Waals surface area contributed by atoms with Crippen LogP contribution in [0.5, 0.6) is 5.75 Å². The molecule has 0 spiro atoms. The number of amides is 1. The molecule has 0 fully saturated rings. The number of rotatable bonds is 5. The van der Waals surface area contributed by atoms with E-state index in [1.165, 1.54) is 11.3 Å². The average Bonchev–Trinajstić information content (AvgIpc) is 3.25. The number of carbonyl (C=O) groups is 1. The van der Waals surface area contributed by atoms with Crippen LogP contribution in [0.4, 0.5) is 5.82 Å². The number of hydrogen-bond acceptors (Lipinski definition) is 5. The lowest BCUT2D eigenvalue weighted by Gasteiger charge is -2.07. The van der Waals surface area contributed by atoms with Crippen LogP contribution in [0.3, 0.4) is 0 Å². The Kier molecular flexibility index (Phi) is 4.83. The van der Waals surface area contributed by atoms with E-state index in [1.807, 2.05) is 63.2 Å². The van der Waals surface area contributed by atoms with Crippen LogP contribution in [0.25, 0.3) is 15.3 Å². The van der Waals surface area contributed by atoms with Crippen molar-refractivity contribution in [2.45, 2.75) is 20.8 Å². The van der Waals surface area contributed by atoms with Gasteiger partial charge in [-0.05, 0) is 45.0 Å². The van der Waals surface area contributed by atoms with Gasteiger partial charge in [0.15, 0.2) is 0 Å². The minimum absolute atomic E-state index is 0.180. The van der Waals surface area contributed by atoms with Crippen molar-refractivity contribution in [1.29, 1.82) is 0 Å². The zero-order valence-corrected chi connectivity index (χ0v) is 16.7. The lowest BCUT2D eigenvalue weighted by atomic mass is 10.1. The predicted octanol–water partition coefficient (Wildman–Crippen LogP) is 4.75. The molecule has 0 bridgehead atoms. The van der Waals surface area contributed by atoms with E-state index in [0.717, 1.165) is 27.2 Å². The van der Waals surface area contributed by atoms with Crippen molar-refractivity contribution in [1.82, 2.24) is 14.8 Å². The number of benzene rings is 2. The monoisotopic (exact) mass is 392 g/mol. The van der Waals surface area contributed by atoms with Gasteiger partial charge >= 0.3 is 0 Å². The van der Waals surface area contributed by atoms with E-state index in [-0.39, 0.29) is 5.91 Å². The summed E-state index contributed by atoms with van der Waals surface area (Å²) in [7, 11) is 0. The maximum Gasteiger partial charge on any atom is 0.256 e. The van der Waals surface area contributed by atoms with E-state index in [1.54, 1.807) is 10.7 Å². The molecule has 7 heteroatoms. The summed E-state index contributed by atoms with van der Waals surface area (Å²) in [6, 6.07) is 15.2. The number of anilines is 1. The Labute approximate surface area is 166 Å². The van der Waals surface area contributed by atoms with Crippen LogP contribution >= 0.6 is 11.3 Å². The van der Waals surface area contributed by atoms with Gasteiger partial charge in [-0.3, -0.25) is 4.79 Å². The SMILES string of the molecule is CCOc1cccc2sc(-n3nc(C)cc3NC(=O)c3cccc(C)c3)nc12. The van der Waals surface area contributed by atoms with Crippen molar-refractivity contribution in [2.75, 3.05) is 11.9 Å². The molecule has 2 heterocycles. The number of fused-ring (bicyclic) bond motifs is 1. The Hall–Kier alpha value is -3.19. The highest BCUT2D eigenvalue weighted by molar-refractivity contribution is 7.20. The summed E-state index contributed by atoms with van der Waals surface area (Å²) < 4.78 is 8.36. The number of hydrogen-bond donors (Lipinski definition) is 1. The number of thiazole rings is 1. The molecule has 0 atom stereocenters. The number of carbonyl (C=O) groups excluding carboxylic acids is 1. The summed E-state index contributed by atoms with van der Waals surface area (Å²) in [5, 5.41) is 8.16. The molecule has 0 saturated carbocycles. The summed E-state index contributed by atoms with van der Waals surface area (Å²) in [6.45, 7) is 6.37. The fourth-order valence-corrected chi connectivity index (χ4v) is 3.93. The molecule has 0 aliphatic heterocycles. The second-order valence-electron chi connectivity index (χ2n) is 6.44. The first-order valence-electron chi connectivity index (χ1n) is 9.02. The first kappa shape index (κ1) is 18.2. The molecule has 4 aromatic rings. The number of para-hydroxylation sites is 1. The average molecular weight is 392 g/mol. The predicted molar refractivity (Wildman–Crippen MR) is 112 cm³/mol. The van der Waals surface area contributed by atoms with Gasteiger partial charge in [-0.25, -0.2) is 4.98 Å². The first-order valence-corrected chi connectivity index (χ1v) is 9.84. The van der Waals surface area contributed by atoms with E-state index >= 15 is 0 Å².